The lowest BCUT2D eigenvalue weighted by Gasteiger charge is -2.13. The SMILES string of the molecule is CC(C)(C)C#C/C=C/CC(CO)Cc1cccc(OCc2cccc(-c3ccsc3)c2)c1. The van der Waals surface area contributed by atoms with E-state index >= 15 is 0 Å². The zero-order valence-corrected chi connectivity index (χ0v) is 20.0. The zero-order chi connectivity index (χ0) is 22.8. The van der Waals surface area contributed by atoms with E-state index < -0.39 is 0 Å². The van der Waals surface area contributed by atoms with Crippen LogP contribution in [0.2, 0.25) is 0 Å². The summed E-state index contributed by atoms with van der Waals surface area (Å²) in [6.07, 6.45) is 5.56. The van der Waals surface area contributed by atoms with Crippen molar-refractivity contribution in [1.82, 2.24) is 0 Å². The van der Waals surface area contributed by atoms with E-state index in [1.807, 2.05) is 18.2 Å². The van der Waals surface area contributed by atoms with Crippen LogP contribution in [-0.2, 0) is 13.0 Å². The van der Waals surface area contributed by atoms with Crippen LogP contribution in [0, 0.1) is 23.2 Å². The Balaban J connectivity index is 1.56. The van der Waals surface area contributed by atoms with Gasteiger partial charge in [-0.1, -0.05) is 48.2 Å². The maximum absolute atomic E-state index is 9.80. The molecule has 2 aromatic carbocycles. The van der Waals surface area contributed by atoms with Gasteiger partial charge in [-0.05, 0) is 103 Å². The number of ether oxygens (including phenoxy) is 1. The molecule has 0 amide bonds. The van der Waals surface area contributed by atoms with E-state index in [-0.39, 0.29) is 17.9 Å². The lowest BCUT2D eigenvalue weighted by atomic mass is 9.96. The van der Waals surface area contributed by atoms with Gasteiger partial charge in [0.1, 0.15) is 12.4 Å². The van der Waals surface area contributed by atoms with Crippen molar-refractivity contribution in [3.05, 3.63) is 88.6 Å². The van der Waals surface area contributed by atoms with Gasteiger partial charge >= 0.3 is 0 Å². The van der Waals surface area contributed by atoms with Crippen LogP contribution >= 0.6 is 11.3 Å². The predicted molar refractivity (Wildman–Crippen MR) is 136 cm³/mol. The smallest absolute Gasteiger partial charge is 0.120 e. The molecule has 1 heterocycles. The Kier molecular flexibility index (Phi) is 8.73. The molecule has 3 heteroatoms. The monoisotopic (exact) mass is 444 g/mol. The summed E-state index contributed by atoms with van der Waals surface area (Å²) in [6.45, 7) is 6.97. The van der Waals surface area contributed by atoms with Crippen molar-refractivity contribution in [2.45, 2.75) is 40.2 Å². The highest BCUT2D eigenvalue weighted by atomic mass is 32.1. The van der Waals surface area contributed by atoms with Crippen molar-refractivity contribution in [1.29, 1.82) is 0 Å². The van der Waals surface area contributed by atoms with Crippen molar-refractivity contribution in [2.24, 2.45) is 11.3 Å². The topological polar surface area (TPSA) is 29.5 Å². The minimum Gasteiger partial charge on any atom is -0.489 e. The van der Waals surface area contributed by atoms with E-state index in [0.717, 1.165) is 24.2 Å². The van der Waals surface area contributed by atoms with Crippen LogP contribution < -0.4 is 4.74 Å². The van der Waals surface area contributed by atoms with Gasteiger partial charge in [-0.15, -0.1) is 0 Å². The largest absolute Gasteiger partial charge is 0.489 e. The fourth-order valence-corrected chi connectivity index (χ4v) is 4.00. The number of aliphatic hydroxyl groups is 1. The first-order valence-electron chi connectivity index (χ1n) is 11.0. The fourth-order valence-electron chi connectivity index (χ4n) is 3.33. The standard InChI is InChI=1S/C29H32O2S/c1-29(2,3)15-6-4-5-9-24(20-30)17-23-10-8-13-28(19-23)31-21-25-11-7-12-26(18-25)27-14-16-32-22-27/h4-5,7-8,10-14,16,18-19,22,24,30H,9,17,20-21H2,1-3H3/b5-4+. The van der Waals surface area contributed by atoms with E-state index in [0.29, 0.717) is 6.61 Å². The third-order valence-electron chi connectivity index (χ3n) is 4.99. The first kappa shape index (κ1) is 23.9. The van der Waals surface area contributed by atoms with E-state index in [1.54, 1.807) is 11.3 Å². The number of hydrogen-bond acceptors (Lipinski definition) is 3. The molecule has 0 radical (unpaired) electrons. The molecule has 0 fully saturated rings. The lowest BCUT2D eigenvalue weighted by Crippen LogP contribution is -2.08. The van der Waals surface area contributed by atoms with Crippen LogP contribution in [-0.4, -0.2) is 11.7 Å². The van der Waals surface area contributed by atoms with Crippen LogP contribution in [0.3, 0.4) is 0 Å². The minimum atomic E-state index is 0.00633. The number of benzene rings is 2. The molecule has 1 N–H and O–H groups in total. The van der Waals surface area contributed by atoms with Crippen LogP contribution in [0.25, 0.3) is 11.1 Å². The highest BCUT2D eigenvalue weighted by Gasteiger charge is 2.08. The number of rotatable bonds is 9. The summed E-state index contributed by atoms with van der Waals surface area (Å²) in [5, 5.41) is 14.1. The number of thiophene rings is 1. The molecule has 3 rings (SSSR count). The molecule has 32 heavy (non-hydrogen) atoms. The highest BCUT2D eigenvalue weighted by molar-refractivity contribution is 7.08. The quantitative estimate of drug-likeness (QED) is 0.355. The first-order chi connectivity index (χ1) is 15.4. The molecule has 0 aliphatic heterocycles. The molecule has 0 saturated carbocycles. The Labute approximate surface area is 196 Å². The third-order valence-corrected chi connectivity index (χ3v) is 5.67. The van der Waals surface area contributed by atoms with E-state index in [2.05, 4.69) is 91.9 Å². The van der Waals surface area contributed by atoms with Gasteiger partial charge in [0.15, 0.2) is 0 Å². The van der Waals surface area contributed by atoms with Crippen molar-refractivity contribution in [3.63, 3.8) is 0 Å². The summed E-state index contributed by atoms with van der Waals surface area (Å²) >= 11 is 1.71. The van der Waals surface area contributed by atoms with Gasteiger partial charge in [-0.2, -0.15) is 11.3 Å². The normalized spacial score (nSPS) is 12.4. The average molecular weight is 445 g/mol. The number of aliphatic hydroxyl groups excluding tert-OH is 1. The van der Waals surface area contributed by atoms with Crippen LogP contribution in [0.1, 0.15) is 38.3 Å². The Morgan fingerprint density at radius 1 is 1.03 bits per heavy atom. The minimum absolute atomic E-state index is 0.00633. The molecular formula is C29H32O2S. The second kappa shape index (κ2) is 11.7. The molecule has 0 aliphatic rings. The lowest BCUT2D eigenvalue weighted by molar-refractivity contribution is 0.226. The summed E-state index contributed by atoms with van der Waals surface area (Å²) in [7, 11) is 0. The first-order valence-corrected chi connectivity index (χ1v) is 12.0. The van der Waals surface area contributed by atoms with Crippen molar-refractivity contribution < 1.29 is 9.84 Å². The molecule has 0 saturated heterocycles. The molecule has 2 nitrogen and oxygen atoms in total. The molecular weight excluding hydrogens is 412 g/mol. The summed E-state index contributed by atoms with van der Waals surface area (Å²) < 4.78 is 6.07. The fraction of sp³-hybridized carbons (Fsp3) is 0.310. The van der Waals surface area contributed by atoms with E-state index in [9.17, 15) is 5.11 Å². The van der Waals surface area contributed by atoms with Gasteiger partial charge in [0, 0.05) is 12.0 Å². The second-order valence-corrected chi connectivity index (χ2v) is 9.84. The van der Waals surface area contributed by atoms with Crippen LogP contribution in [0.15, 0.2) is 77.5 Å². The molecule has 0 spiro atoms. The van der Waals surface area contributed by atoms with Gasteiger partial charge in [0.05, 0.1) is 0 Å². The van der Waals surface area contributed by atoms with Gasteiger partial charge < -0.3 is 9.84 Å². The summed E-state index contributed by atoms with van der Waals surface area (Å²) in [5.41, 5.74) is 4.78. The molecule has 0 aliphatic carbocycles. The third kappa shape index (κ3) is 8.04. The molecule has 0 bridgehead atoms. The van der Waals surface area contributed by atoms with Gasteiger partial charge in [-0.25, -0.2) is 0 Å². The van der Waals surface area contributed by atoms with Crippen LogP contribution in [0.5, 0.6) is 5.75 Å². The number of allylic oxidation sites excluding steroid dienone is 2. The van der Waals surface area contributed by atoms with E-state index in [1.165, 1.54) is 16.7 Å². The zero-order valence-electron chi connectivity index (χ0n) is 19.2. The summed E-state index contributed by atoms with van der Waals surface area (Å²) in [5.74, 6) is 7.31. The Morgan fingerprint density at radius 2 is 1.84 bits per heavy atom. The second-order valence-electron chi connectivity index (χ2n) is 9.06. The predicted octanol–water partition coefficient (Wildman–Crippen LogP) is 7.14. The molecule has 1 aromatic heterocycles. The van der Waals surface area contributed by atoms with Crippen molar-refractivity contribution >= 4 is 11.3 Å². The Morgan fingerprint density at radius 3 is 2.59 bits per heavy atom. The summed E-state index contributed by atoms with van der Waals surface area (Å²) in [6, 6.07) is 18.8. The number of hydrogen-bond donors (Lipinski definition) is 1. The summed E-state index contributed by atoms with van der Waals surface area (Å²) in [4.78, 5) is 0. The van der Waals surface area contributed by atoms with Gasteiger partial charge in [0.2, 0.25) is 0 Å². The van der Waals surface area contributed by atoms with E-state index in [4.69, 9.17) is 4.74 Å². The highest BCUT2D eigenvalue weighted by Crippen LogP contribution is 2.24. The average Bonchev–Trinajstić information content (AvgIpc) is 3.31. The van der Waals surface area contributed by atoms with Gasteiger partial charge in [-0.3, -0.25) is 0 Å². The molecule has 1 unspecified atom stereocenters. The van der Waals surface area contributed by atoms with Crippen molar-refractivity contribution in [2.75, 3.05) is 6.61 Å². The molecule has 3 aromatic rings. The molecule has 1 atom stereocenters. The maximum atomic E-state index is 9.80. The maximum Gasteiger partial charge on any atom is 0.120 e. The van der Waals surface area contributed by atoms with Crippen molar-refractivity contribution in [3.8, 4) is 28.7 Å². The Bertz CT molecular complexity index is 1060. The molecule has 166 valence electrons. The van der Waals surface area contributed by atoms with Crippen LogP contribution in [0.4, 0.5) is 0 Å². The Hall–Kier alpha value is -2.80. The van der Waals surface area contributed by atoms with Gasteiger partial charge in [0.25, 0.3) is 0 Å².